The van der Waals surface area contributed by atoms with Gasteiger partial charge in [-0.05, 0) is 25.0 Å². The van der Waals surface area contributed by atoms with Crippen LogP contribution in [0.25, 0.3) is 0 Å². The van der Waals surface area contributed by atoms with Crippen molar-refractivity contribution in [2.45, 2.75) is 25.7 Å². The zero-order chi connectivity index (χ0) is 15.9. The van der Waals surface area contributed by atoms with Gasteiger partial charge in [-0.15, -0.1) is 0 Å². The Morgan fingerprint density at radius 2 is 2.23 bits per heavy atom. The zero-order valence-corrected chi connectivity index (χ0v) is 12.9. The molecule has 0 unspecified atom stereocenters. The first-order valence-electron chi connectivity index (χ1n) is 7.58. The maximum absolute atomic E-state index is 11.2. The zero-order valence-electron chi connectivity index (χ0n) is 12.9. The molecular formula is C16H23N5O. The van der Waals surface area contributed by atoms with Gasteiger partial charge in [-0.2, -0.15) is 0 Å². The number of nitrogens with zero attached hydrogens (tertiary/aromatic N) is 1. The quantitative estimate of drug-likeness (QED) is 0.602. The molecule has 0 atom stereocenters. The molecule has 0 saturated carbocycles. The average Bonchev–Trinajstić information content (AvgIpc) is 2.55. The summed E-state index contributed by atoms with van der Waals surface area (Å²) in [6.45, 7) is 1.59. The predicted octanol–water partition coefficient (Wildman–Crippen LogP) is 1.76. The van der Waals surface area contributed by atoms with Crippen molar-refractivity contribution >= 4 is 23.1 Å². The van der Waals surface area contributed by atoms with Crippen molar-refractivity contribution in [1.82, 2.24) is 5.32 Å². The smallest absolute Gasteiger partial charge is 0.248 e. The fourth-order valence-electron chi connectivity index (χ4n) is 2.48. The first-order valence-corrected chi connectivity index (χ1v) is 7.58. The molecule has 6 heteroatoms. The third kappa shape index (κ3) is 4.07. The largest absolute Gasteiger partial charge is 0.388 e. The Bertz CT molecular complexity index is 594. The number of hydrogen-bond acceptors (Lipinski definition) is 5. The van der Waals surface area contributed by atoms with Crippen molar-refractivity contribution in [3.63, 3.8) is 0 Å². The van der Waals surface area contributed by atoms with E-state index in [2.05, 4.69) is 15.6 Å². The molecule has 1 heterocycles. The van der Waals surface area contributed by atoms with E-state index >= 15 is 0 Å². The Morgan fingerprint density at radius 3 is 2.86 bits per heavy atom. The number of benzene rings is 1. The van der Waals surface area contributed by atoms with Crippen molar-refractivity contribution in [3.8, 4) is 0 Å². The molecule has 1 aliphatic heterocycles. The highest BCUT2D eigenvalue weighted by molar-refractivity contribution is 6.05. The van der Waals surface area contributed by atoms with Crippen molar-refractivity contribution in [3.05, 3.63) is 29.3 Å². The number of nitrogens with one attached hydrogen (secondary N) is 3. The lowest BCUT2D eigenvalue weighted by molar-refractivity contribution is 0.100. The van der Waals surface area contributed by atoms with Crippen molar-refractivity contribution in [2.24, 2.45) is 10.7 Å². The summed E-state index contributed by atoms with van der Waals surface area (Å²) in [5.41, 5.74) is 7.78. The van der Waals surface area contributed by atoms with Crippen LogP contribution < -0.4 is 16.4 Å². The van der Waals surface area contributed by atoms with Crippen LogP contribution in [0.15, 0.2) is 23.2 Å². The van der Waals surface area contributed by atoms with E-state index in [-0.39, 0.29) is 0 Å². The second-order valence-electron chi connectivity index (χ2n) is 5.32. The lowest BCUT2D eigenvalue weighted by Crippen LogP contribution is -2.28. The summed E-state index contributed by atoms with van der Waals surface area (Å²) in [7, 11) is 1.77. The number of carbonyl (C=O) groups excluding carboxylic acids is 1. The van der Waals surface area contributed by atoms with E-state index < -0.39 is 5.91 Å². The van der Waals surface area contributed by atoms with Gasteiger partial charge in [0, 0.05) is 55.5 Å². The van der Waals surface area contributed by atoms with Crippen LogP contribution in [0.2, 0.25) is 0 Å². The molecule has 0 bridgehead atoms. The van der Waals surface area contributed by atoms with Crippen LogP contribution in [-0.4, -0.2) is 37.6 Å². The SMILES string of the molecule is CNc1cc(C(N)=O)ccc1C(=N)CCNC1=NCCCC1. The lowest BCUT2D eigenvalue weighted by atomic mass is 10.0. The van der Waals surface area contributed by atoms with Crippen LogP contribution in [0.3, 0.4) is 0 Å². The van der Waals surface area contributed by atoms with E-state index in [1.807, 2.05) is 0 Å². The molecule has 1 aliphatic rings. The minimum Gasteiger partial charge on any atom is -0.388 e. The summed E-state index contributed by atoms with van der Waals surface area (Å²) in [6.07, 6.45) is 3.95. The number of aliphatic imine (C=N–C) groups is 1. The molecule has 0 spiro atoms. The van der Waals surface area contributed by atoms with Gasteiger partial charge in [-0.25, -0.2) is 0 Å². The molecular weight excluding hydrogens is 278 g/mol. The molecule has 5 N–H and O–H groups in total. The summed E-state index contributed by atoms with van der Waals surface area (Å²) in [6, 6.07) is 5.11. The van der Waals surface area contributed by atoms with Crippen LogP contribution in [0.5, 0.6) is 0 Å². The molecule has 1 amide bonds. The van der Waals surface area contributed by atoms with Gasteiger partial charge in [-0.1, -0.05) is 6.07 Å². The van der Waals surface area contributed by atoms with E-state index in [1.54, 1.807) is 25.2 Å². The molecule has 6 nitrogen and oxygen atoms in total. The van der Waals surface area contributed by atoms with E-state index in [1.165, 1.54) is 12.8 Å². The first-order chi connectivity index (χ1) is 10.6. The maximum Gasteiger partial charge on any atom is 0.248 e. The second-order valence-corrected chi connectivity index (χ2v) is 5.32. The normalized spacial score (nSPS) is 14.1. The molecule has 0 aliphatic carbocycles. The van der Waals surface area contributed by atoms with Gasteiger partial charge in [0.15, 0.2) is 0 Å². The summed E-state index contributed by atoms with van der Waals surface area (Å²) in [4.78, 5) is 15.7. The Balaban J connectivity index is 1.96. The highest BCUT2D eigenvalue weighted by Crippen LogP contribution is 2.19. The van der Waals surface area contributed by atoms with Gasteiger partial charge in [0.25, 0.3) is 0 Å². The van der Waals surface area contributed by atoms with Gasteiger partial charge < -0.3 is 21.8 Å². The number of carbonyl (C=O) groups is 1. The van der Waals surface area contributed by atoms with E-state index in [9.17, 15) is 4.79 Å². The maximum atomic E-state index is 11.2. The molecule has 0 fully saturated rings. The summed E-state index contributed by atoms with van der Waals surface area (Å²) in [5.74, 6) is 0.587. The molecule has 0 saturated heterocycles. The Hall–Kier alpha value is -2.37. The third-order valence-corrected chi connectivity index (χ3v) is 3.73. The topological polar surface area (TPSA) is 103 Å². The predicted molar refractivity (Wildman–Crippen MR) is 90.1 cm³/mol. The Kier molecular flexibility index (Phi) is 5.52. The first kappa shape index (κ1) is 16.0. The van der Waals surface area contributed by atoms with Gasteiger partial charge in [0.2, 0.25) is 5.91 Å². The monoisotopic (exact) mass is 301 g/mol. The van der Waals surface area contributed by atoms with Crippen molar-refractivity contribution in [1.29, 1.82) is 5.41 Å². The fraction of sp³-hybridized carbons (Fsp3) is 0.438. The van der Waals surface area contributed by atoms with Crippen LogP contribution in [0, 0.1) is 5.41 Å². The molecule has 1 aromatic carbocycles. The van der Waals surface area contributed by atoms with Gasteiger partial charge in [-0.3, -0.25) is 9.79 Å². The average molecular weight is 301 g/mol. The number of primary amides is 1. The highest BCUT2D eigenvalue weighted by atomic mass is 16.1. The lowest BCUT2D eigenvalue weighted by Gasteiger charge is -2.15. The number of nitrogens with two attached hydrogens (primary N) is 1. The molecule has 118 valence electrons. The second kappa shape index (κ2) is 7.59. The Labute approximate surface area is 130 Å². The molecule has 0 radical (unpaired) electrons. The summed E-state index contributed by atoms with van der Waals surface area (Å²) in [5, 5.41) is 14.6. The number of anilines is 1. The van der Waals surface area contributed by atoms with Crippen molar-refractivity contribution < 1.29 is 4.79 Å². The van der Waals surface area contributed by atoms with Crippen LogP contribution in [0.4, 0.5) is 5.69 Å². The standard InChI is InChI=1S/C16H23N5O/c1-19-14-10-11(16(18)22)5-6-12(14)13(17)7-9-21-15-4-2-3-8-20-15/h5-6,10,17,19H,2-4,7-9H2,1H3,(H2,18,22)(H,20,21). The van der Waals surface area contributed by atoms with Crippen LogP contribution >= 0.6 is 0 Å². The Morgan fingerprint density at radius 1 is 1.41 bits per heavy atom. The molecule has 1 aromatic rings. The summed E-state index contributed by atoms with van der Waals surface area (Å²) >= 11 is 0. The number of hydrogen-bond donors (Lipinski definition) is 4. The number of amides is 1. The van der Waals surface area contributed by atoms with Crippen LogP contribution in [0.1, 0.15) is 41.6 Å². The third-order valence-electron chi connectivity index (χ3n) is 3.73. The molecule has 22 heavy (non-hydrogen) atoms. The van der Waals surface area contributed by atoms with E-state index in [0.29, 0.717) is 24.2 Å². The van der Waals surface area contributed by atoms with Gasteiger partial charge >= 0.3 is 0 Å². The van der Waals surface area contributed by atoms with Crippen LogP contribution in [-0.2, 0) is 0 Å². The summed E-state index contributed by atoms with van der Waals surface area (Å²) < 4.78 is 0. The number of amidine groups is 1. The number of rotatable bonds is 6. The van der Waals surface area contributed by atoms with Gasteiger partial charge in [0.05, 0.1) is 5.84 Å². The van der Waals surface area contributed by atoms with Crippen molar-refractivity contribution in [2.75, 3.05) is 25.5 Å². The van der Waals surface area contributed by atoms with E-state index in [4.69, 9.17) is 11.1 Å². The molecule has 0 aromatic heterocycles. The van der Waals surface area contributed by atoms with Gasteiger partial charge in [0.1, 0.15) is 0 Å². The minimum atomic E-state index is -0.466. The molecule has 2 rings (SSSR count). The minimum absolute atomic E-state index is 0.440. The highest BCUT2D eigenvalue weighted by Gasteiger charge is 2.11. The van der Waals surface area contributed by atoms with E-state index in [0.717, 1.165) is 30.1 Å². The fourth-order valence-corrected chi connectivity index (χ4v) is 2.48.